The molecule has 0 aliphatic rings. The van der Waals surface area contributed by atoms with Gasteiger partial charge in [-0.15, -0.1) is 11.3 Å². The summed E-state index contributed by atoms with van der Waals surface area (Å²) in [4.78, 5) is 20.3. The summed E-state index contributed by atoms with van der Waals surface area (Å²) in [6, 6.07) is 56.4. The molecule has 11 aromatic rings. The van der Waals surface area contributed by atoms with E-state index in [2.05, 4.69) is 114 Å². The molecule has 0 aliphatic carbocycles. The highest BCUT2D eigenvalue weighted by Crippen LogP contribution is 2.39. The van der Waals surface area contributed by atoms with E-state index in [0.717, 1.165) is 55.3 Å². The number of rotatable bonds is 5. The van der Waals surface area contributed by atoms with Crippen LogP contribution in [0.4, 0.5) is 0 Å². The van der Waals surface area contributed by atoms with Crippen molar-refractivity contribution in [2.75, 3.05) is 0 Å². The molecular weight excluding hydrogens is 671 g/mol. The summed E-state index contributed by atoms with van der Waals surface area (Å²) in [6.45, 7) is 0. The van der Waals surface area contributed by atoms with Gasteiger partial charge in [-0.3, -0.25) is 0 Å². The molecule has 0 atom stereocenters. The second kappa shape index (κ2) is 11.8. The first-order valence-electron chi connectivity index (χ1n) is 17.5. The Morgan fingerprint density at radius 2 is 1.09 bits per heavy atom. The van der Waals surface area contributed by atoms with Crippen LogP contribution in [-0.2, 0) is 0 Å². The van der Waals surface area contributed by atoms with E-state index < -0.39 is 0 Å². The minimum absolute atomic E-state index is 0.523. The molecule has 0 saturated carbocycles. The average Bonchev–Trinajstić information content (AvgIpc) is 3.93. The normalized spacial score (nSPS) is 11.8. The fraction of sp³-hybridized carbons (Fsp3) is 0. The number of para-hydroxylation sites is 3. The van der Waals surface area contributed by atoms with Gasteiger partial charge in [-0.2, -0.15) is 0 Å². The maximum absolute atomic E-state index is 6.46. The number of aromatic nitrogens is 5. The Balaban J connectivity index is 1.13. The first-order chi connectivity index (χ1) is 26.2. The molecule has 4 heterocycles. The zero-order valence-electron chi connectivity index (χ0n) is 28.1. The van der Waals surface area contributed by atoms with Crippen molar-refractivity contribution in [3.05, 3.63) is 164 Å². The number of benzene rings is 7. The number of hydrogen-bond acceptors (Lipinski definition) is 6. The van der Waals surface area contributed by atoms with Crippen molar-refractivity contribution >= 4 is 64.4 Å². The van der Waals surface area contributed by atoms with Gasteiger partial charge in [-0.05, 0) is 72.8 Å². The van der Waals surface area contributed by atoms with Gasteiger partial charge in [0.25, 0.3) is 0 Å². The lowest BCUT2D eigenvalue weighted by molar-refractivity contribution is 0.620. The van der Waals surface area contributed by atoms with Crippen molar-refractivity contribution in [1.29, 1.82) is 0 Å². The standard InChI is InChI=1S/C46H27N5OS/c1-3-12-28(13-4-1)46-47-37-19-11-18-35(42(37)52-46)45-49-43(48-44(50-45)30-22-24-34-33-17-8-10-21-40(33)53-41(34)27-30)29-23-25-39-36(26-29)32-16-7-9-20-38(32)51(39)31-14-5-2-6-15-31/h1-27H. The topological polar surface area (TPSA) is 69.6 Å². The van der Waals surface area contributed by atoms with Gasteiger partial charge in [0.15, 0.2) is 23.1 Å². The van der Waals surface area contributed by atoms with Crippen LogP contribution in [0, 0.1) is 0 Å². The van der Waals surface area contributed by atoms with Gasteiger partial charge < -0.3 is 8.98 Å². The summed E-state index contributed by atoms with van der Waals surface area (Å²) >= 11 is 1.78. The fourth-order valence-corrected chi connectivity index (χ4v) is 8.56. The Kier molecular flexibility index (Phi) is 6.62. The molecule has 0 spiro atoms. The van der Waals surface area contributed by atoms with Crippen LogP contribution < -0.4 is 0 Å². The van der Waals surface area contributed by atoms with E-state index in [4.69, 9.17) is 24.4 Å². The van der Waals surface area contributed by atoms with Gasteiger partial charge in [0.05, 0.1) is 16.6 Å². The maximum atomic E-state index is 6.46. The SMILES string of the molecule is c1ccc(-c2nc3cccc(-c4nc(-c5ccc6c(c5)sc5ccccc56)nc(-c5ccc6c(c5)c5ccccc5n6-c5ccccc5)n4)c3o2)cc1. The van der Waals surface area contributed by atoms with E-state index in [1.165, 1.54) is 20.2 Å². The number of nitrogens with zero attached hydrogens (tertiary/aromatic N) is 5. The van der Waals surface area contributed by atoms with Crippen LogP contribution in [-0.4, -0.2) is 24.5 Å². The molecule has 0 N–H and O–H groups in total. The lowest BCUT2D eigenvalue weighted by Crippen LogP contribution is -2.00. The molecule has 4 aromatic heterocycles. The van der Waals surface area contributed by atoms with Crippen molar-refractivity contribution in [3.63, 3.8) is 0 Å². The van der Waals surface area contributed by atoms with Crippen LogP contribution >= 0.6 is 11.3 Å². The molecule has 0 bridgehead atoms. The average molecular weight is 698 g/mol. The molecule has 53 heavy (non-hydrogen) atoms. The largest absolute Gasteiger partial charge is 0.435 e. The molecule has 0 unspecified atom stereocenters. The Morgan fingerprint density at radius 1 is 0.434 bits per heavy atom. The fourth-order valence-electron chi connectivity index (χ4n) is 7.42. The van der Waals surface area contributed by atoms with Gasteiger partial charge in [0, 0.05) is 53.3 Å². The number of thiophene rings is 1. The van der Waals surface area contributed by atoms with E-state index in [9.17, 15) is 0 Å². The summed E-state index contributed by atoms with van der Waals surface area (Å²) in [7, 11) is 0. The number of hydrogen-bond donors (Lipinski definition) is 0. The van der Waals surface area contributed by atoms with E-state index in [1.807, 2.05) is 54.6 Å². The third-order valence-corrected chi connectivity index (χ3v) is 11.0. The molecule has 6 nitrogen and oxygen atoms in total. The summed E-state index contributed by atoms with van der Waals surface area (Å²) in [5.74, 6) is 2.25. The van der Waals surface area contributed by atoms with Gasteiger partial charge in [-0.1, -0.05) is 91.0 Å². The molecule has 0 radical (unpaired) electrons. The van der Waals surface area contributed by atoms with Gasteiger partial charge in [0.2, 0.25) is 5.89 Å². The molecule has 7 aromatic carbocycles. The Bertz CT molecular complexity index is 3180. The summed E-state index contributed by atoms with van der Waals surface area (Å²) in [5.41, 5.74) is 8.24. The minimum Gasteiger partial charge on any atom is -0.435 e. The summed E-state index contributed by atoms with van der Waals surface area (Å²) < 4.78 is 11.2. The van der Waals surface area contributed by atoms with Gasteiger partial charge >= 0.3 is 0 Å². The Hall–Kier alpha value is -6.96. The first-order valence-corrected chi connectivity index (χ1v) is 18.3. The van der Waals surface area contributed by atoms with Crippen molar-refractivity contribution in [1.82, 2.24) is 24.5 Å². The quantitative estimate of drug-likeness (QED) is 0.179. The summed E-state index contributed by atoms with van der Waals surface area (Å²) in [5, 5.41) is 4.77. The first kappa shape index (κ1) is 29.7. The molecule has 248 valence electrons. The van der Waals surface area contributed by atoms with E-state index in [1.54, 1.807) is 11.3 Å². The highest BCUT2D eigenvalue weighted by molar-refractivity contribution is 7.25. The number of oxazole rings is 1. The smallest absolute Gasteiger partial charge is 0.227 e. The van der Waals surface area contributed by atoms with Crippen molar-refractivity contribution in [2.24, 2.45) is 0 Å². The minimum atomic E-state index is 0.523. The predicted molar refractivity (Wildman–Crippen MR) is 216 cm³/mol. The van der Waals surface area contributed by atoms with Crippen molar-refractivity contribution in [3.8, 4) is 51.3 Å². The molecule has 0 aliphatic heterocycles. The Labute approximate surface area is 307 Å². The monoisotopic (exact) mass is 697 g/mol. The van der Waals surface area contributed by atoms with Crippen LogP contribution in [0.3, 0.4) is 0 Å². The molecule has 0 fully saturated rings. The summed E-state index contributed by atoms with van der Waals surface area (Å²) in [6.07, 6.45) is 0. The maximum Gasteiger partial charge on any atom is 0.227 e. The second-order valence-corrected chi connectivity index (χ2v) is 14.2. The lowest BCUT2D eigenvalue weighted by Gasteiger charge is -2.10. The zero-order chi connectivity index (χ0) is 34.9. The van der Waals surface area contributed by atoms with Crippen LogP contribution in [0.5, 0.6) is 0 Å². The highest BCUT2D eigenvalue weighted by Gasteiger charge is 2.20. The third kappa shape index (κ3) is 4.86. The van der Waals surface area contributed by atoms with Crippen molar-refractivity contribution < 1.29 is 4.42 Å². The van der Waals surface area contributed by atoms with Crippen LogP contribution in [0.2, 0.25) is 0 Å². The number of fused-ring (bicyclic) bond motifs is 7. The van der Waals surface area contributed by atoms with Crippen LogP contribution in [0.1, 0.15) is 0 Å². The van der Waals surface area contributed by atoms with E-state index in [0.29, 0.717) is 28.9 Å². The highest BCUT2D eigenvalue weighted by atomic mass is 32.1. The zero-order valence-corrected chi connectivity index (χ0v) is 29.0. The van der Waals surface area contributed by atoms with Gasteiger partial charge in [0.1, 0.15) is 5.52 Å². The van der Waals surface area contributed by atoms with Gasteiger partial charge in [-0.25, -0.2) is 19.9 Å². The second-order valence-electron chi connectivity index (χ2n) is 13.1. The lowest BCUT2D eigenvalue weighted by atomic mass is 10.1. The van der Waals surface area contributed by atoms with Crippen LogP contribution in [0.15, 0.2) is 168 Å². The van der Waals surface area contributed by atoms with E-state index >= 15 is 0 Å². The molecule has 0 saturated heterocycles. The molecule has 0 amide bonds. The Morgan fingerprint density at radius 3 is 1.94 bits per heavy atom. The van der Waals surface area contributed by atoms with E-state index in [-0.39, 0.29) is 0 Å². The molecular formula is C46H27N5OS. The third-order valence-electron chi connectivity index (χ3n) is 9.89. The van der Waals surface area contributed by atoms with Crippen molar-refractivity contribution in [2.45, 2.75) is 0 Å². The predicted octanol–water partition coefficient (Wildman–Crippen LogP) is 12.1. The molecule has 7 heteroatoms. The molecule has 11 rings (SSSR count). The van der Waals surface area contributed by atoms with Crippen LogP contribution in [0.25, 0.3) is 104 Å².